The lowest BCUT2D eigenvalue weighted by atomic mass is 10.2. The van der Waals surface area contributed by atoms with Crippen molar-refractivity contribution < 1.29 is 4.79 Å². The molecule has 1 N–H and O–H groups in total. The normalized spacial score (nSPS) is 9.81. The van der Waals surface area contributed by atoms with Gasteiger partial charge in [0.25, 0.3) is 5.91 Å². The van der Waals surface area contributed by atoms with Crippen LogP contribution in [0.3, 0.4) is 0 Å². The molecule has 0 aliphatic heterocycles. The summed E-state index contributed by atoms with van der Waals surface area (Å²) in [6.45, 7) is 1.88. The van der Waals surface area contributed by atoms with E-state index in [2.05, 4.69) is 15.3 Å². The number of nitrogens with zero attached hydrogens (tertiary/aromatic N) is 2. The second kappa shape index (κ2) is 4.53. The fraction of sp³-hybridized carbons (Fsp3) is 0.0833. The van der Waals surface area contributed by atoms with E-state index in [4.69, 9.17) is 0 Å². The molecule has 4 nitrogen and oxygen atoms in total. The molecule has 0 aliphatic rings. The highest BCUT2D eigenvalue weighted by Crippen LogP contribution is 2.06. The van der Waals surface area contributed by atoms with Crippen LogP contribution in [0, 0.1) is 6.92 Å². The van der Waals surface area contributed by atoms with Crippen molar-refractivity contribution in [1.29, 1.82) is 0 Å². The lowest BCUT2D eigenvalue weighted by Crippen LogP contribution is -2.12. The van der Waals surface area contributed by atoms with Crippen molar-refractivity contribution in [2.45, 2.75) is 6.92 Å². The fourth-order valence-corrected chi connectivity index (χ4v) is 1.24. The van der Waals surface area contributed by atoms with E-state index >= 15 is 0 Å². The van der Waals surface area contributed by atoms with Crippen LogP contribution in [-0.4, -0.2) is 15.9 Å². The van der Waals surface area contributed by atoms with Crippen molar-refractivity contribution in [1.82, 2.24) is 9.97 Å². The maximum Gasteiger partial charge on any atom is 0.257 e. The number of anilines is 1. The average molecular weight is 213 g/mol. The average Bonchev–Trinajstić information content (AvgIpc) is 2.31. The molecule has 4 heteroatoms. The van der Waals surface area contributed by atoms with Crippen LogP contribution in [0.15, 0.2) is 42.9 Å². The number of carbonyl (C=O) groups is 1. The molecule has 16 heavy (non-hydrogen) atoms. The minimum absolute atomic E-state index is 0.180. The SMILES string of the molecule is Cc1ccc(C(=O)Nc2cccnc2)cn1. The molecule has 0 spiro atoms. The number of hydrogen-bond donors (Lipinski definition) is 1. The van der Waals surface area contributed by atoms with Crippen molar-refractivity contribution in [3.05, 3.63) is 54.1 Å². The van der Waals surface area contributed by atoms with Crippen molar-refractivity contribution >= 4 is 11.6 Å². The summed E-state index contributed by atoms with van der Waals surface area (Å²) in [5.74, 6) is -0.180. The molecule has 2 aromatic rings. The zero-order valence-electron chi connectivity index (χ0n) is 8.84. The summed E-state index contributed by atoms with van der Waals surface area (Å²) in [4.78, 5) is 19.7. The van der Waals surface area contributed by atoms with Gasteiger partial charge in [0, 0.05) is 18.1 Å². The van der Waals surface area contributed by atoms with Gasteiger partial charge in [0.2, 0.25) is 0 Å². The molecule has 0 aliphatic carbocycles. The monoisotopic (exact) mass is 213 g/mol. The van der Waals surface area contributed by atoms with Crippen molar-refractivity contribution in [3.8, 4) is 0 Å². The Bertz CT molecular complexity index is 479. The van der Waals surface area contributed by atoms with E-state index in [-0.39, 0.29) is 5.91 Å². The predicted molar refractivity (Wildman–Crippen MR) is 61.2 cm³/mol. The van der Waals surface area contributed by atoms with Crippen LogP contribution in [0.25, 0.3) is 0 Å². The molecule has 2 rings (SSSR count). The Morgan fingerprint density at radius 2 is 2.12 bits per heavy atom. The van der Waals surface area contributed by atoms with Gasteiger partial charge in [-0.05, 0) is 31.2 Å². The molecule has 0 atom stereocenters. The van der Waals surface area contributed by atoms with E-state index in [0.717, 1.165) is 5.69 Å². The van der Waals surface area contributed by atoms with E-state index in [1.165, 1.54) is 0 Å². The molecule has 0 fully saturated rings. The number of pyridine rings is 2. The fourth-order valence-electron chi connectivity index (χ4n) is 1.24. The molecule has 0 unspecified atom stereocenters. The topological polar surface area (TPSA) is 54.9 Å². The Labute approximate surface area is 93.4 Å². The highest BCUT2D eigenvalue weighted by Gasteiger charge is 2.05. The number of aryl methyl sites for hydroxylation is 1. The number of aromatic nitrogens is 2. The lowest BCUT2D eigenvalue weighted by Gasteiger charge is -2.03. The van der Waals surface area contributed by atoms with Crippen LogP contribution in [0.4, 0.5) is 5.69 Å². The van der Waals surface area contributed by atoms with Gasteiger partial charge in [0.1, 0.15) is 0 Å². The number of rotatable bonds is 2. The van der Waals surface area contributed by atoms with Gasteiger partial charge < -0.3 is 5.32 Å². The van der Waals surface area contributed by atoms with E-state index in [1.807, 2.05) is 6.92 Å². The van der Waals surface area contributed by atoms with Crippen LogP contribution >= 0.6 is 0 Å². The summed E-state index contributed by atoms with van der Waals surface area (Å²) < 4.78 is 0. The Morgan fingerprint density at radius 3 is 2.75 bits per heavy atom. The van der Waals surface area contributed by atoms with E-state index in [1.54, 1.807) is 42.9 Å². The van der Waals surface area contributed by atoms with Gasteiger partial charge in [0.15, 0.2) is 0 Å². The van der Waals surface area contributed by atoms with Crippen molar-refractivity contribution in [2.24, 2.45) is 0 Å². The first-order valence-corrected chi connectivity index (χ1v) is 4.90. The third kappa shape index (κ3) is 2.42. The standard InChI is InChI=1S/C12H11N3O/c1-9-4-5-10(7-14-9)12(16)15-11-3-2-6-13-8-11/h2-8H,1H3,(H,15,16). The Morgan fingerprint density at radius 1 is 1.25 bits per heavy atom. The van der Waals surface area contributed by atoms with Crippen molar-refractivity contribution in [2.75, 3.05) is 5.32 Å². The molecule has 0 saturated carbocycles. The van der Waals surface area contributed by atoms with Crippen LogP contribution in [0.2, 0.25) is 0 Å². The molecule has 80 valence electrons. The summed E-state index contributed by atoms with van der Waals surface area (Å²) in [5.41, 5.74) is 2.10. The highest BCUT2D eigenvalue weighted by atomic mass is 16.1. The first kappa shape index (κ1) is 10.3. The van der Waals surface area contributed by atoms with Crippen LogP contribution in [0.5, 0.6) is 0 Å². The molecule has 0 bridgehead atoms. The number of carbonyl (C=O) groups excluding carboxylic acids is 1. The maximum absolute atomic E-state index is 11.7. The highest BCUT2D eigenvalue weighted by molar-refractivity contribution is 6.03. The maximum atomic E-state index is 11.7. The zero-order valence-corrected chi connectivity index (χ0v) is 8.84. The predicted octanol–water partition coefficient (Wildman–Crippen LogP) is 2.04. The number of hydrogen-bond acceptors (Lipinski definition) is 3. The van der Waals surface area contributed by atoms with Crippen LogP contribution in [-0.2, 0) is 0 Å². The minimum Gasteiger partial charge on any atom is -0.321 e. The van der Waals surface area contributed by atoms with Crippen LogP contribution in [0.1, 0.15) is 16.1 Å². The Balaban J connectivity index is 2.12. The third-order valence-corrected chi connectivity index (χ3v) is 2.09. The summed E-state index contributed by atoms with van der Waals surface area (Å²) >= 11 is 0. The smallest absolute Gasteiger partial charge is 0.257 e. The van der Waals surface area contributed by atoms with Crippen molar-refractivity contribution in [3.63, 3.8) is 0 Å². The molecule has 2 heterocycles. The van der Waals surface area contributed by atoms with Gasteiger partial charge in [-0.3, -0.25) is 14.8 Å². The van der Waals surface area contributed by atoms with Gasteiger partial charge >= 0.3 is 0 Å². The lowest BCUT2D eigenvalue weighted by molar-refractivity contribution is 0.102. The van der Waals surface area contributed by atoms with Gasteiger partial charge in [0.05, 0.1) is 17.4 Å². The summed E-state index contributed by atoms with van der Waals surface area (Å²) in [5, 5.41) is 2.74. The Hall–Kier alpha value is -2.23. The largest absolute Gasteiger partial charge is 0.321 e. The number of nitrogens with one attached hydrogen (secondary N) is 1. The second-order valence-corrected chi connectivity index (χ2v) is 3.38. The van der Waals surface area contributed by atoms with Gasteiger partial charge in [-0.2, -0.15) is 0 Å². The third-order valence-electron chi connectivity index (χ3n) is 2.09. The summed E-state index contributed by atoms with van der Waals surface area (Å²) in [6, 6.07) is 7.10. The second-order valence-electron chi connectivity index (χ2n) is 3.38. The first-order valence-electron chi connectivity index (χ1n) is 4.90. The Kier molecular flexibility index (Phi) is 2.91. The molecule has 0 radical (unpaired) electrons. The summed E-state index contributed by atoms with van der Waals surface area (Å²) in [7, 11) is 0. The molecule has 0 aromatic carbocycles. The molecule has 1 amide bonds. The zero-order chi connectivity index (χ0) is 11.4. The minimum atomic E-state index is -0.180. The van der Waals surface area contributed by atoms with Crippen LogP contribution < -0.4 is 5.32 Å². The van der Waals surface area contributed by atoms with E-state index in [0.29, 0.717) is 11.3 Å². The molecular weight excluding hydrogens is 202 g/mol. The number of amides is 1. The van der Waals surface area contributed by atoms with E-state index < -0.39 is 0 Å². The molecular formula is C12H11N3O. The van der Waals surface area contributed by atoms with E-state index in [9.17, 15) is 4.79 Å². The first-order chi connectivity index (χ1) is 7.75. The quantitative estimate of drug-likeness (QED) is 0.830. The van der Waals surface area contributed by atoms with Gasteiger partial charge in [-0.15, -0.1) is 0 Å². The van der Waals surface area contributed by atoms with Gasteiger partial charge in [-0.1, -0.05) is 0 Å². The molecule has 0 saturated heterocycles. The molecule has 2 aromatic heterocycles. The summed E-state index contributed by atoms with van der Waals surface area (Å²) in [6.07, 6.45) is 4.81. The van der Waals surface area contributed by atoms with Gasteiger partial charge in [-0.25, -0.2) is 0 Å².